The molecule has 4 nitrogen and oxygen atoms in total. The second-order valence-corrected chi connectivity index (χ2v) is 7.12. The standard InChI is InChI=1S/C15H23N3OS/c1-20-13-6-2-11(3-7-13)17-15(19)14-8-10(16)9-18(14)12-4-5-12/h8-9,11-13H,2-7,16H2,1H3,(H,17,19). The largest absolute Gasteiger partial charge is 0.397 e. The molecule has 20 heavy (non-hydrogen) atoms. The molecule has 110 valence electrons. The Kier molecular flexibility index (Phi) is 3.96. The quantitative estimate of drug-likeness (QED) is 0.897. The Morgan fingerprint density at radius 3 is 2.60 bits per heavy atom. The van der Waals surface area contributed by atoms with Crippen LogP contribution in [0.25, 0.3) is 0 Å². The first-order valence-electron chi connectivity index (χ1n) is 7.48. The number of hydrogen-bond acceptors (Lipinski definition) is 3. The molecule has 1 aromatic rings. The Hall–Kier alpha value is -1.10. The van der Waals surface area contributed by atoms with E-state index in [4.69, 9.17) is 5.73 Å². The van der Waals surface area contributed by atoms with Crippen LogP contribution >= 0.6 is 11.8 Å². The van der Waals surface area contributed by atoms with Crippen LogP contribution < -0.4 is 11.1 Å². The molecule has 3 N–H and O–H groups in total. The number of hydrogen-bond donors (Lipinski definition) is 2. The summed E-state index contributed by atoms with van der Waals surface area (Å²) in [4.78, 5) is 12.4. The molecule has 0 saturated heterocycles. The first-order valence-corrected chi connectivity index (χ1v) is 8.77. The van der Waals surface area contributed by atoms with Crippen LogP contribution in [-0.4, -0.2) is 28.0 Å². The zero-order valence-electron chi connectivity index (χ0n) is 12.0. The van der Waals surface area contributed by atoms with Crippen LogP contribution in [0.5, 0.6) is 0 Å². The maximum atomic E-state index is 12.4. The molecule has 1 heterocycles. The van der Waals surface area contributed by atoms with Gasteiger partial charge in [0.05, 0.1) is 5.69 Å². The van der Waals surface area contributed by atoms with Gasteiger partial charge in [-0.3, -0.25) is 4.79 Å². The van der Waals surface area contributed by atoms with Gasteiger partial charge >= 0.3 is 0 Å². The molecule has 2 saturated carbocycles. The van der Waals surface area contributed by atoms with Gasteiger partial charge in [0, 0.05) is 23.5 Å². The molecule has 0 spiro atoms. The number of carbonyl (C=O) groups excluding carboxylic acids is 1. The summed E-state index contributed by atoms with van der Waals surface area (Å²) in [7, 11) is 0. The molecule has 2 aliphatic rings. The molecule has 2 fully saturated rings. The Bertz CT molecular complexity index is 487. The van der Waals surface area contributed by atoms with Crippen LogP contribution in [-0.2, 0) is 0 Å². The average Bonchev–Trinajstić information content (AvgIpc) is 3.22. The van der Waals surface area contributed by atoms with Gasteiger partial charge in [-0.05, 0) is 50.8 Å². The molecule has 0 radical (unpaired) electrons. The lowest BCUT2D eigenvalue weighted by atomic mass is 9.95. The van der Waals surface area contributed by atoms with Crippen molar-refractivity contribution >= 4 is 23.4 Å². The average molecular weight is 293 g/mol. The van der Waals surface area contributed by atoms with Crippen molar-refractivity contribution in [2.45, 2.75) is 55.9 Å². The molecule has 1 amide bonds. The zero-order valence-corrected chi connectivity index (χ0v) is 12.8. The van der Waals surface area contributed by atoms with E-state index in [0.717, 1.165) is 36.6 Å². The van der Waals surface area contributed by atoms with Crippen LogP contribution in [0, 0.1) is 0 Å². The summed E-state index contributed by atoms with van der Waals surface area (Å²) in [6.07, 6.45) is 11.0. The predicted octanol–water partition coefficient (Wildman–Crippen LogP) is 2.81. The second-order valence-electron chi connectivity index (χ2n) is 5.98. The SMILES string of the molecule is CSC1CCC(NC(=O)c2cc(N)cn2C2CC2)CC1. The molecule has 5 heteroatoms. The Morgan fingerprint density at radius 1 is 1.30 bits per heavy atom. The lowest BCUT2D eigenvalue weighted by molar-refractivity contribution is 0.0918. The molecule has 0 aliphatic heterocycles. The van der Waals surface area contributed by atoms with Gasteiger partial charge in [0.2, 0.25) is 0 Å². The van der Waals surface area contributed by atoms with Gasteiger partial charge in [-0.15, -0.1) is 0 Å². The van der Waals surface area contributed by atoms with Crippen LogP contribution in [0.4, 0.5) is 5.69 Å². The van der Waals surface area contributed by atoms with E-state index in [2.05, 4.69) is 16.1 Å². The van der Waals surface area contributed by atoms with Gasteiger partial charge in [0.25, 0.3) is 5.91 Å². The zero-order chi connectivity index (χ0) is 14.1. The minimum atomic E-state index is 0.0428. The molecule has 0 atom stereocenters. The lowest BCUT2D eigenvalue weighted by Gasteiger charge is -2.28. The summed E-state index contributed by atoms with van der Waals surface area (Å²) in [6.45, 7) is 0. The topological polar surface area (TPSA) is 60.1 Å². The number of nitrogens with two attached hydrogens (primary N) is 1. The molecule has 0 bridgehead atoms. The third kappa shape index (κ3) is 2.97. The molecule has 0 aromatic carbocycles. The van der Waals surface area contributed by atoms with E-state index in [-0.39, 0.29) is 5.91 Å². The number of thioether (sulfide) groups is 1. The molecule has 0 unspecified atom stereocenters. The maximum Gasteiger partial charge on any atom is 0.268 e. The highest BCUT2D eigenvalue weighted by atomic mass is 32.2. The summed E-state index contributed by atoms with van der Waals surface area (Å²) in [5.74, 6) is 0.0428. The second kappa shape index (κ2) is 5.72. The summed E-state index contributed by atoms with van der Waals surface area (Å²) < 4.78 is 2.05. The predicted molar refractivity (Wildman–Crippen MR) is 84.1 cm³/mol. The van der Waals surface area contributed by atoms with Crippen molar-refractivity contribution in [3.8, 4) is 0 Å². The highest BCUT2D eigenvalue weighted by Crippen LogP contribution is 2.37. The first-order chi connectivity index (χ1) is 9.67. The van der Waals surface area contributed by atoms with Gasteiger partial charge in [-0.25, -0.2) is 0 Å². The molecule has 1 aromatic heterocycles. The summed E-state index contributed by atoms with van der Waals surface area (Å²) >= 11 is 1.95. The number of amides is 1. The fourth-order valence-electron chi connectivity index (χ4n) is 3.04. The van der Waals surface area contributed by atoms with Gasteiger partial charge in [-0.1, -0.05) is 0 Å². The minimum Gasteiger partial charge on any atom is -0.397 e. The van der Waals surface area contributed by atoms with E-state index in [1.54, 1.807) is 6.07 Å². The van der Waals surface area contributed by atoms with E-state index in [1.165, 1.54) is 12.8 Å². The highest BCUT2D eigenvalue weighted by molar-refractivity contribution is 7.99. The van der Waals surface area contributed by atoms with Crippen molar-refractivity contribution < 1.29 is 4.79 Å². The lowest BCUT2D eigenvalue weighted by Crippen LogP contribution is -2.38. The number of carbonyl (C=O) groups is 1. The number of nitrogens with zero attached hydrogens (tertiary/aromatic N) is 1. The normalized spacial score (nSPS) is 26.4. The maximum absolute atomic E-state index is 12.4. The summed E-state index contributed by atoms with van der Waals surface area (Å²) in [6, 6.07) is 2.62. The monoisotopic (exact) mass is 293 g/mol. The number of anilines is 1. The fourth-order valence-corrected chi connectivity index (χ4v) is 3.78. The van der Waals surface area contributed by atoms with Crippen LogP contribution in [0.15, 0.2) is 12.3 Å². The van der Waals surface area contributed by atoms with Crippen molar-refractivity contribution in [2.75, 3.05) is 12.0 Å². The Morgan fingerprint density at radius 2 is 2.00 bits per heavy atom. The number of nitrogen functional groups attached to an aromatic ring is 1. The van der Waals surface area contributed by atoms with Crippen LogP contribution in [0.3, 0.4) is 0 Å². The van der Waals surface area contributed by atoms with Gasteiger partial charge in [0.15, 0.2) is 0 Å². The van der Waals surface area contributed by atoms with Gasteiger partial charge in [-0.2, -0.15) is 11.8 Å². The molecular formula is C15H23N3OS. The first kappa shape index (κ1) is 13.9. The van der Waals surface area contributed by atoms with Crippen molar-refractivity contribution in [1.82, 2.24) is 9.88 Å². The van der Waals surface area contributed by atoms with E-state index in [9.17, 15) is 4.79 Å². The highest BCUT2D eigenvalue weighted by Gasteiger charge is 2.29. The Labute approximate surface area is 124 Å². The number of rotatable bonds is 4. The van der Waals surface area contributed by atoms with Gasteiger partial charge in [0.1, 0.15) is 5.69 Å². The number of nitrogens with one attached hydrogen (secondary N) is 1. The van der Waals surface area contributed by atoms with Crippen LogP contribution in [0.1, 0.15) is 55.1 Å². The molecule has 2 aliphatic carbocycles. The van der Waals surface area contributed by atoms with Gasteiger partial charge < -0.3 is 15.6 Å². The van der Waals surface area contributed by atoms with Crippen molar-refractivity contribution in [3.05, 3.63) is 18.0 Å². The fraction of sp³-hybridized carbons (Fsp3) is 0.667. The third-order valence-electron chi connectivity index (χ3n) is 4.39. The van der Waals surface area contributed by atoms with Crippen molar-refractivity contribution in [1.29, 1.82) is 0 Å². The van der Waals surface area contributed by atoms with E-state index in [0.29, 0.717) is 17.8 Å². The summed E-state index contributed by atoms with van der Waals surface area (Å²) in [5, 5.41) is 3.96. The van der Waals surface area contributed by atoms with Crippen molar-refractivity contribution in [2.24, 2.45) is 0 Å². The molecular weight excluding hydrogens is 270 g/mol. The Balaban J connectivity index is 1.62. The van der Waals surface area contributed by atoms with E-state index < -0.39 is 0 Å². The van der Waals surface area contributed by atoms with Crippen LogP contribution in [0.2, 0.25) is 0 Å². The third-order valence-corrected chi connectivity index (χ3v) is 5.52. The van der Waals surface area contributed by atoms with Crippen molar-refractivity contribution in [3.63, 3.8) is 0 Å². The smallest absolute Gasteiger partial charge is 0.268 e. The number of aromatic nitrogens is 1. The van der Waals surface area contributed by atoms with E-state index >= 15 is 0 Å². The molecule has 3 rings (SSSR count). The van der Waals surface area contributed by atoms with E-state index in [1.807, 2.05) is 18.0 Å². The summed E-state index contributed by atoms with van der Waals surface area (Å²) in [5.41, 5.74) is 7.27. The minimum absolute atomic E-state index is 0.0428.